The number of rotatable bonds is 4. The first-order valence-electron chi connectivity index (χ1n) is 7.66. The highest BCUT2D eigenvalue weighted by Gasteiger charge is 2.30. The Bertz CT molecular complexity index is 811. The first kappa shape index (κ1) is 19.7. The van der Waals surface area contributed by atoms with Gasteiger partial charge in [0.25, 0.3) is 0 Å². The van der Waals surface area contributed by atoms with Gasteiger partial charge in [0.05, 0.1) is 5.56 Å². The van der Waals surface area contributed by atoms with E-state index in [4.69, 9.17) is 16.3 Å². The Morgan fingerprint density at radius 1 is 1.15 bits per heavy atom. The van der Waals surface area contributed by atoms with Crippen molar-refractivity contribution in [3.05, 3.63) is 70.2 Å². The van der Waals surface area contributed by atoms with Crippen molar-refractivity contribution in [2.24, 2.45) is 0 Å². The highest BCUT2D eigenvalue weighted by molar-refractivity contribution is 6.30. The zero-order valence-electron chi connectivity index (χ0n) is 13.6. The van der Waals surface area contributed by atoms with E-state index in [0.29, 0.717) is 0 Å². The minimum Gasteiger partial charge on any atom is -0.445 e. The summed E-state index contributed by atoms with van der Waals surface area (Å²) in [5, 5.41) is 2.48. The molecule has 0 unspecified atom stereocenters. The van der Waals surface area contributed by atoms with Crippen molar-refractivity contribution >= 4 is 17.7 Å². The van der Waals surface area contributed by atoms with E-state index in [-0.39, 0.29) is 30.2 Å². The molecular formula is C19H15ClF3NO2. The second-order valence-corrected chi connectivity index (χ2v) is 5.70. The number of carbonyl (C=O) groups is 1. The summed E-state index contributed by atoms with van der Waals surface area (Å²) in [6.45, 7) is 0.369. The lowest BCUT2D eigenvalue weighted by atomic mass is 10.1. The number of hydrogen-bond donors (Lipinski definition) is 1. The SMILES string of the molecule is O=C(NCCC#Cc1cc(Cl)cc(C(F)(F)F)c1)OCc1ccccc1. The van der Waals surface area contributed by atoms with Crippen LogP contribution in [-0.4, -0.2) is 12.6 Å². The van der Waals surface area contributed by atoms with Gasteiger partial charge in [-0.25, -0.2) is 4.79 Å². The van der Waals surface area contributed by atoms with Gasteiger partial charge in [0.2, 0.25) is 0 Å². The van der Waals surface area contributed by atoms with Gasteiger partial charge >= 0.3 is 12.3 Å². The topological polar surface area (TPSA) is 38.3 Å². The van der Waals surface area contributed by atoms with Crippen molar-refractivity contribution in [1.29, 1.82) is 0 Å². The van der Waals surface area contributed by atoms with Crippen LogP contribution in [0, 0.1) is 11.8 Å². The summed E-state index contributed by atoms with van der Waals surface area (Å²) >= 11 is 5.68. The van der Waals surface area contributed by atoms with E-state index in [1.165, 1.54) is 6.07 Å². The molecule has 0 aliphatic rings. The number of halogens is 4. The Morgan fingerprint density at radius 3 is 2.58 bits per heavy atom. The smallest absolute Gasteiger partial charge is 0.416 e. The van der Waals surface area contributed by atoms with E-state index < -0.39 is 17.8 Å². The van der Waals surface area contributed by atoms with Gasteiger partial charge < -0.3 is 10.1 Å². The molecule has 0 radical (unpaired) electrons. The van der Waals surface area contributed by atoms with Gasteiger partial charge in [0, 0.05) is 23.6 Å². The fourth-order valence-corrected chi connectivity index (χ4v) is 2.23. The molecule has 0 heterocycles. The van der Waals surface area contributed by atoms with Crippen LogP contribution in [0.1, 0.15) is 23.1 Å². The van der Waals surface area contributed by atoms with Gasteiger partial charge in [0.1, 0.15) is 6.61 Å². The number of nitrogens with one attached hydrogen (secondary N) is 1. The van der Waals surface area contributed by atoms with Crippen molar-refractivity contribution in [2.75, 3.05) is 6.54 Å². The van der Waals surface area contributed by atoms with E-state index in [2.05, 4.69) is 17.2 Å². The van der Waals surface area contributed by atoms with Crippen LogP contribution >= 0.6 is 11.6 Å². The number of amides is 1. The maximum absolute atomic E-state index is 12.7. The first-order valence-corrected chi connectivity index (χ1v) is 8.03. The van der Waals surface area contributed by atoms with Crippen LogP contribution in [0.15, 0.2) is 48.5 Å². The van der Waals surface area contributed by atoms with E-state index in [9.17, 15) is 18.0 Å². The third kappa shape index (κ3) is 6.69. The summed E-state index contributed by atoms with van der Waals surface area (Å²) < 4.78 is 43.1. The molecule has 26 heavy (non-hydrogen) atoms. The van der Waals surface area contributed by atoms with Crippen LogP contribution in [0.2, 0.25) is 5.02 Å². The predicted octanol–water partition coefficient (Wildman–Crippen LogP) is 5.03. The minimum absolute atomic E-state index is 0.0354. The Morgan fingerprint density at radius 2 is 1.88 bits per heavy atom. The van der Waals surface area contributed by atoms with Gasteiger partial charge in [-0.05, 0) is 23.8 Å². The summed E-state index contributed by atoms with van der Waals surface area (Å²) in [7, 11) is 0. The van der Waals surface area contributed by atoms with E-state index >= 15 is 0 Å². The van der Waals surface area contributed by atoms with Crippen molar-refractivity contribution in [1.82, 2.24) is 5.32 Å². The van der Waals surface area contributed by atoms with Crippen molar-refractivity contribution < 1.29 is 22.7 Å². The number of ether oxygens (including phenoxy) is 1. The molecule has 3 nitrogen and oxygen atoms in total. The maximum atomic E-state index is 12.7. The van der Waals surface area contributed by atoms with Gasteiger partial charge in [0.15, 0.2) is 0 Å². The molecule has 0 bridgehead atoms. The van der Waals surface area contributed by atoms with E-state index in [0.717, 1.165) is 17.7 Å². The molecule has 0 fully saturated rings. The largest absolute Gasteiger partial charge is 0.445 e. The zero-order chi connectivity index (χ0) is 19.0. The van der Waals surface area contributed by atoms with Crippen molar-refractivity contribution in [3.63, 3.8) is 0 Å². The average molecular weight is 382 g/mol. The summed E-state index contributed by atoms with van der Waals surface area (Å²) in [4.78, 5) is 11.5. The van der Waals surface area contributed by atoms with Crippen molar-refractivity contribution in [2.45, 2.75) is 19.2 Å². The van der Waals surface area contributed by atoms with Crippen LogP contribution < -0.4 is 5.32 Å². The Hall–Kier alpha value is -2.65. The molecule has 0 spiro atoms. The highest BCUT2D eigenvalue weighted by Crippen LogP contribution is 2.31. The third-order valence-corrected chi connectivity index (χ3v) is 3.41. The lowest BCUT2D eigenvalue weighted by Crippen LogP contribution is -2.24. The first-order chi connectivity index (χ1) is 12.3. The van der Waals surface area contributed by atoms with Gasteiger partial charge in [-0.15, -0.1) is 0 Å². The Kier molecular flexibility index (Phi) is 6.93. The molecule has 2 rings (SSSR count). The number of alkyl carbamates (subject to hydrolysis) is 1. The summed E-state index contributed by atoms with van der Waals surface area (Å²) in [6.07, 6.45) is -4.81. The zero-order valence-corrected chi connectivity index (χ0v) is 14.3. The molecule has 0 aliphatic carbocycles. The van der Waals surface area contributed by atoms with Crippen LogP contribution in [0.5, 0.6) is 0 Å². The van der Waals surface area contributed by atoms with Crippen LogP contribution in [0.3, 0.4) is 0 Å². The fourth-order valence-electron chi connectivity index (χ4n) is 1.99. The second-order valence-electron chi connectivity index (χ2n) is 5.27. The standard InChI is InChI=1S/C19H15ClF3NO2/c20-17-11-15(10-16(12-17)19(21,22)23)8-4-5-9-24-18(25)26-13-14-6-2-1-3-7-14/h1-3,6-7,10-12H,5,9,13H2,(H,24,25). The number of hydrogen-bond acceptors (Lipinski definition) is 2. The molecule has 7 heteroatoms. The maximum Gasteiger partial charge on any atom is 0.416 e. The minimum atomic E-state index is -4.48. The quantitative estimate of drug-likeness (QED) is 0.596. The predicted molar refractivity (Wildman–Crippen MR) is 92.6 cm³/mol. The highest BCUT2D eigenvalue weighted by atomic mass is 35.5. The van der Waals surface area contributed by atoms with Crippen molar-refractivity contribution in [3.8, 4) is 11.8 Å². The van der Waals surface area contributed by atoms with E-state index in [1.807, 2.05) is 30.3 Å². The number of carbonyl (C=O) groups excluding carboxylic acids is 1. The van der Waals surface area contributed by atoms with Gasteiger partial charge in [-0.3, -0.25) is 0 Å². The lowest BCUT2D eigenvalue weighted by Gasteiger charge is -2.07. The number of alkyl halides is 3. The molecule has 136 valence electrons. The van der Waals surface area contributed by atoms with Crippen LogP contribution in [0.4, 0.5) is 18.0 Å². The molecule has 0 saturated heterocycles. The second kappa shape index (κ2) is 9.16. The molecular weight excluding hydrogens is 367 g/mol. The van der Waals surface area contributed by atoms with Gasteiger partial charge in [-0.1, -0.05) is 53.8 Å². The van der Waals surface area contributed by atoms with Gasteiger partial charge in [-0.2, -0.15) is 13.2 Å². The third-order valence-electron chi connectivity index (χ3n) is 3.19. The molecule has 0 aromatic heterocycles. The molecule has 2 aromatic rings. The monoisotopic (exact) mass is 381 g/mol. The summed E-state index contributed by atoms with van der Waals surface area (Å²) in [5.41, 5.74) is 0.178. The number of benzene rings is 2. The van der Waals surface area contributed by atoms with Crippen LogP contribution in [0.25, 0.3) is 0 Å². The van der Waals surface area contributed by atoms with E-state index in [1.54, 1.807) is 0 Å². The Balaban J connectivity index is 1.78. The molecule has 0 atom stereocenters. The summed E-state index contributed by atoms with van der Waals surface area (Å²) in [5.74, 6) is 5.29. The molecule has 1 N–H and O–H groups in total. The summed E-state index contributed by atoms with van der Waals surface area (Å²) in [6, 6.07) is 12.3. The molecule has 1 amide bonds. The molecule has 0 saturated carbocycles. The lowest BCUT2D eigenvalue weighted by molar-refractivity contribution is -0.137. The Labute approximate surface area is 154 Å². The van der Waals surface area contributed by atoms with Crippen LogP contribution in [-0.2, 0) is 17.5 Å². The average Bonchev–Trinajstić information content (AvgIpc) is 2.59. The molecule has 0 aliphatic heterocycles. The fraction of sp³-hybridized carbons (Fsp3) is 0.211. The molecule has 2 aromatic carbocycles. The normalized spacial score (nSPS) is 10.6.